The average Bonchev–Trinajstić information content (AvgIpc) is 3.11. The maximum Gasteiger partial charge on any atom is 0.328 e. The second-order valence-electron chi connectivity index (χ2n) is 5.71. The summed E-state index contributed by atoms with van der Waals surface area (Å²) in [5, 5.41) is -0.404. The van der Waals surface area contributed by atoms with Crippen molar-refractivity contribution in [1.29, 1.82) is 0 Å². The van der Waals surface area contributed by atoms with Gasteiger partial charge in [-0.1, -0.05) is 36.4 Å². The highest BCUT2D eigenvalue weighted by molar-refractivity contribution is 7.85. The summed E-state index contributed by atoms with van der Waals surface area (Å²) in [6, 6.07) is 13.6. The Balaban J connectivity index is 1.98. The third-order valence-corrected chi connectivity index (χ3v) is 5.11. The van der Waals surface area contributed by atoms with E-state index in [2.05, 4.69) is 19.1 Å². The number of furan rings is 1. The van der Waals surface area contributed by atoms with Crippen LogP contribution in [0, 0.1) is 6.92 Å². The smallest absolute Gasteiger partial charge is 0.328 e. The van der Waals surface area contributed by atoms with Crippen molar-refractivity contribution >= 4 is 10.1 Å². The topological polar surface area (TPSA) is 67.5 Å². The molecule has 0 fully saturated rings. The van der Waals surface area contributed by atoms with Crippen molar-refractivity contribution in [2.24, 2.45) is 0 Å². The highest BCUT2D eigenvalue weighted by Gasteiger charge is 2.27. The van der Waals surface area contributed by atoms with E-state index in [1.807, 2.05) is 24.3 Å². The van der Waals surface area contributed by atoms with E-state index in [0.29, 0.717) is 5.56 Å². The second kappa shape index (κ2) is 4.81. The highest BCUT2D eigenvalue weighted by atomic mass is 32.2. The molecule has 1 aliphatic rings. The van der Waals surface area contributed by atoms with Crippen LogP contribution in [0.3, 0.4) is 0 Å². The molecule has 1 N–H and O–H groups in total. The van der Waals surface area contributed by atoms with Gasteiger partial charge in [0.15, 0.2) is 0 Å². The first-order valence-electron chi connectivity index (χ1n) is 7.23. The molecular formula is C18H14O4S. The maximum absolute atomic E-state index is 11.5. The molecule has 0 spiro atoms. The molecule has 5 heteroatoms. The molecule has 0 aliphatic heterocycles. The van der Waals surface area contributed by atoms with Crippen molar-refractivity contribution in [3.8, 4) is 22.3 Å². The summed E-state index contributed by atoms with van der Waals surface area (Å²) in [4.78, 5) is 0. The van der Waals surface area contributed by atoms with Crippen LogP contribution < -0.4 is 0 Å². The van der Waals surface area contributed by atoms with Crippen LogP contribution >= 0.6 is 0 Å². The Labute approximate surface area is 134 Å². The lowest BCUT2D eigenvalue weighted by Crippen LogP contribution is -1.99. The van der Waals surface area contributed by atoms with E-state index in [1.165, 1.54) is 23.0 Å². The van der Waals surface area contributed by atoms with Gasteiger partial charge >= 0.3 is 10.1 Å². The van der Waals surface area contributed by atoms with Gasteiger partial charge in [-0.2, -0.15) is 8.42 Å². The lowest BCUT2D eigenvalue weighted by atomic mass is 9.96. The fraction of sp³-hybridized carbons (Fsp3) is 0.111. The number of hydrogen-bond acceptors (Lipinski definition) is 3. The maximum atomic E-state index is 11.5. The molecule has 4 rings (SSSR count). The Hall–Kier alpha value is -2.37. The molecule has 0 atom stereocenters. The third-order valence-electron chi connectivity index (χ3n) is 4.33. The van der Waals surface area contributed by atoms with E-state index < -0.39 is 15.2 Å². The van der Waals surface area contributed by atoms with Crippen molar-refractivity contribution in [1.82, 2.24) is 0 Å². The fourth-order valence-corrected chi connectivity index (χ4v) is 4.04. The van der Waals surface area contributed by atoms with Crippen LogP contribution in [-0.2, 0) is 16.5 Å². The quantitative estimate of drug-likeness (QED) is 0.564. The van der Waals surface area contributed by atoms with Gasteiger partial charge in [-0.25, -0.2) is 0 Å². The SMILES string of the molecule is Cc1cccc2c1-c1cccc(-c3ccoc3S(=O)(=O)O)c1C2. The van der Waals surface area contributed by atoms with Gasteiger partial charge in [-0.3, -0.25) is 4.55 Å². The van der Waals surface area contributed by atoms with Gasteiger partial charge in [0, 0.05) is 5.56 Å². The average molecular weight is 326 g/mol. The van der Waals surface area contributed by atoms with Gasteiger partial charge in [0.05, 0.1) is 6.26 Å². The number of rotatable bonds is 2. The van der Waals surface area contributed by atoms with Gasteiger partial charge in [0.1, 0.15) is 0 Å². The molecule has 0 saturated carbocycles. The zero-order valence-corrected chi connectivity index (χ0v) is 13.2. The number of hydrogen-bond donors (Lipinski definition) is 1. The fourth-order valence-electron chi connectivity index (χ4n) is 3.41. The van der Waals surface area contributed by atoms with Crippen LogP contribution in [-0.4, -0.2) is 13.0 Å². The minimum Gasteiger partial charge on any atom is -0.450 e. The molecule has 23 heavy (non-hydrogen) atoms. The number of benzene rings is 2. The van der Waals surface area contributed by atoms with E-state index in [-0.39, 0.29) is 0 Å². The van der Waals surface area contributed by atoms with Crippen molar-refractivity contribution in [3.63, 3.8) is 0 Å². The van der Waals surface area contributed by atoms with Gasteiger partial charge in [-0.15, -0.1) is 0 Å². The Morgan fingerprint density at radius 3 is 2.52 bits per heavy atom. The predicted octanol–water partition coefficient (Wildman–Crippen LogP) is 4.07. The molecule has 0 saturated heterocycles. The minimum absolute atomic E-state index is 0.398. The Kier molecular flexibility index (Phi) is 2.98. The molecule has 116 valence electrons. The molecule has 4 nitrogen and oxygen atoms in total. The second-order valence-corrected chi connectivity index (χ2v) is 7.04. The summed E-state index contributed by atoms with van der Waals surface area (Å²) in [7, 11) is -4.40. The molecule has 0 unspecified atom stereocenters. The molecule has 1 aliphatic carbocycles. The first kappa shape index (κ1) is 14.2. The highest BCUT2D eigenvalue weighted by Crippen LogP contribution is 2.44. The molecule has 3 aromatic rings. The minimum atomic E-state index is -4.40. The summed E-state index contributed by atoms with van der Waals surface area (Å²) in [6.45, 7) is 2.07. The zero-order chi connectivity index (χ0) is 16.2. The van der Waals surface area contributed by atoms with Gasteiger partial charge in [0.25, 0.3) is 5.09 Å². The van der Waals surface area contributed by atoms with E-state index >= 15 is 0 Å². The van der Waals surface area contributed by atoms with Crippen LogP contribution in [0.1, 0.15) is 16.7 Å². The standard InChI is InChI=1S/C18H14O4S/c1-11-4-2-5-12-10-16-13(6-3-7-14(16)17(11)12)15-8-9-22-18(15)23(19,20)21/h2-9H,10H2,1H3,(H,19,20,21). The number of aryl methyl sites for hydroxylation is 1. The monoisotopic (exact) mass is 326 g/mol. The van der Waals surface area contributed by atoms with Crippen LogP contribution in [0.5, 0.6) is 0 Å². The molecule has 1 aromatic heterocycles. The van der Waals surface area contributed by atoms with Crippen LogP contribution in [0.15, 0.2) is 58.2 Å². The molecule has 0 radical (unpaired) electrons. The van der Waals surface area contributed by atoms with E-state index in [1.54, 1.807) is 6.07 Å². The summed E-state index contributed by atoms with van der Waals surface area (Å²) < 4.78 is 37.4. The number of fused-ring (bicyclic) bond motifs is 3. The van der Waals surface area contributed by atoms with E-state index in [4.69, 9.17) is 4.42 Å². The molecule has 0 bridgehead atoms. The van der Waals surface area contributed by atoms with Gasteiger partial charge < -0.3 is 4.42 Å². The van der Waals surface area contributed by atoms with E-state index in [0.717, 1.165) is 23.1 Å². The molecule has 1 heterocycles. The van der Waals surface area contributed by atoms with Crippen molar-refractivity contribution in [2.45, 2.75) is 18.4 Å². The van der Waals surface area contributed by atoms with Crippen LogP contribution in [0.25, 0.3) is 22.3 Å². The zero-order valence-electron chi connectivity index (χ0n) is 12.4. The predicted molar refractivity (Wildman–Crippen MR) is 86.9 cm³/mol. The lowest BCUT2D eigenvalue weighted by Gasteiger charge is -2.09. The van der Waals surface area contributed by atoms with Gasteiger partial charge in [-0.05, 0) is 52.8 Å². The Morgan fingerprint density at radius 2 is 1.74 bits per heavy atom. The molecule has 2 aromatic carbocycles. The van der Waals surface area contributed by atoms with E-state index in [9.17, 15) is 13.0 Å². The summed E-state index contributed by atoms with van der Waals surface area (Å²) in [5.41, 5.74) is 6.97. The normalized spacial score (nSPS) is 13.0. The Morgan fingerprint density at radius 1 is 1.00 bits per heavy atom. The van der Waals surface area contributed by atoms with Crippen LogP contribution in [0.4, 0.5) is 0 Å². The summed E-state index contributed by atoms with van der Waals surface area (Å²) >= 11 is 0. The van der Waals surface area contributed by atoms with Crippen molar-refractivity contribution in [3.05, 3.63) is 65.4 Å². The van der Waals surface area contributed by atoms with Crippen molar-refractivity contribution in [2.75, 3.05) is 0 Å². The van der Waals surface area contributed by atoms with Crippen molar-refractivity contribution < 1.29 is 17.4 Å². The third kappa shape index (κ3) is 2.12. The first-order chi connectivity index (χ1) is 11.0. The lowest BCUT2D eigenvalue weighted by molar-refractivity contribution is 0.409. The first-order valence-corrected chi connectivity index (χ1v) is 8.67. The summed E-state index contributed by atoms with van der Waals surface area (Å²) in [5.74, 6) is 0. The van der Waals surface area contributed by atoms with Crippen LogP contribution in [0.2, 0.25) is 0 Å². The molecular weight excluding hydrogens is 312 g/mol. The largest absolute Gasteiger partial charge is 0.450 e. The summed E-state index contributed by atoms with van der Waals surface area (Å²) in [6.07, 6.45) is 2.02. The Bertz CT molecular complexity index is 1030. The molecule has 0 amide bonds. The van der Waals surface area contributed by atoms with Gasteiger partial charge in [0.2, 0.25) is 0 Å².